The normalized spacial score (nSPS) is 15.7. The number of anilines is 1. The van der Waals surface area contributed by atoms with Gasteiger partial charge in [-0.15, -0.1) is 0 Å². The monoisotopic (exact) mass is 428 g/mol. The lowest BCUT2D eigenvalue weighted by Gasteiger charge is -2.28. The molecule has 1 aromatic heterocycles. The maximum atomic E-state index is 12.4. The van der Waals surface area contributed by atoms with Crippen LogP contribution in [0.3, 0.4) is 0 Å². The first-order chi connectivity index (χ1) is 13.9. The van der Waals surface area contributed by atoms with Crippen LogP contribution in [-0.4, -0.2) is 20.5 Å². The van der Waals surface area contributed by atoms with E-state index in [1.54, 1.807) is 23.7 Å². The predicted molar refractivity (Wildman–Crippen MR) is 112 cm³/mol. The van der Waals surface area contributed by atoms with Crippen molar-refractivity contribution < 1.29 is 9.53 Å². The van der Waals surface area contributed by atoms with Crippen LogP contribution in [0.5, 0.6) is 5.75 Å². The van der Waals surface area contributed by atoms with E-state index in [4.69, 9.17) is 27.9 Å². The summed E-state index contributed by atoms with van der Waals surface area (Å²) in [4.78, 5) is 16.6. The van der Waals surface area contributed by atoms with Crippen molar-refractivity contribution in [2.75, 3.05) is 5.32 Å². The Hall–Kier alpha value is -2.83. The lowest BCUT2D eigenvalue weighted by molar-refractivity contribution is -0.114. The minimum absolute atomic E-state index is 0.0274. The molecule has 4 rings (SSSR count). The molecule has 1 atom stereocenters. The molecule has 0 aliphatic carbocycles. The second-order valence-corrected chi connectivity index (χ2v) is 7.59. The number of rotatable bonds is 5. The van der Waals surface area contributed by atoms with Crippen LogP contribution in [0.4, 0.5) is 5.95 Å². The Morgan fingerprint density at radius 1 is 1.24 bits per heavy atom. The standard InChI is InChI=1S/C21H18Cl2N4O2/c1-12-19(13(2)28)20(27-21(26-12)24-11-25-27)14-4-3-5-17(8-14)29-10-15-6-7-16(22)9-18(15)23/h3-9,11,20H,10H2,1-2H3,(H,24,25,26). The highest BCUT2D eigenvalue weighted by molar-refractivity contribution is 6.35. The zero-order valence-electron chi connectivity index (χ0n) is 15.8. The number of ether oxygens (including phenoxy) is 1. The molecule has 3 aromatic rings. The summed E-state index contributed by atoms with van der Waals surface area (Å²) in [7, 11) is 0. The van der Waals surface area contributed by atoms with Gasteiger partial charge in [-0.05, 0) is 43.7 Å². The van der Waals surface area contributed by atoms with Gasteiger partial charge in [0.25, 0.3) is 0 Å². The Bertz CT molecular complexity index is 1120. The number of Topliss-reactive ketones (excluding diaryl/α,β-unsaturated/α-hetero) is 1. The molecule has 0 amide bonds. The molecule has 0 saturated heterocycles. The van der Waals surface area contributed by atoms with E-state index in [1.165, 1.54) is 6.33 Å². The zero-order valence-corrected chi connectivity index (χ0v) is 17.3. The van der Waals surface area contributed by atoms with Gasteiger partial charge in [0.2, 0.25) is 5.95 Å². The molecule has 1 unspecified atom stereocenters. The minimum Gasteiger partial charge on any atom is -0.489 e. The molecule has 0 spiro atoms. The Balaban J connectivity index is 1.65. The number of aromatic nitrogens is 3. The van der Waals surface area contributed by atoms with Gasteiger partial charge < -0.3 is 10.1 Å². The average Bonchev–Trinajstić information content (AvgIpc) is 3.14. The number of allylic oxidation sites excluding steroid dienone is 2. The van der Waals surface area contributed by atoms with Crippen LogP contribution in [-0.2, 0) is 11.4 Å². The predicted octanol–water partition coefficient (Wildman–Crippen LogP) is 5.04. The molecule has 8 heteroatoms. The number of fused-ring (bicyclic) bond motifs is 1. The van der Waals surface area contributed by atoms with E-state index in [2.05, 4.69) is 15.4 Å². The van der Waals surface area contributed by atoms with E-state index in [-0.39, 0.29) is 11.8 Å². The highest BCUT2D eigenvalue weighted by atomic mass is 35.5. The average molecular weight is 429 g/mol. The number of nitrogens with zero attached hydrogens (tertiary/aromatic N) is 3. The van der Waals surface area contributed by atoms with Crippen LogP contribution < -0.4 is 10.1 Å². The fourth-order valence-electron chi connectivity index (χ4n) is 3.43. The van der Waals surface area contributed by atoms with Gasteiger partial charge in [0, 0.05) is 26.9 Å². The van der Waals surface area contributed by atoms with Crippen molar-refractivity contribution in [3.63, 3.8) is 0 Å². The molecule has 1 aliphatic heterocycles. The van der Waals surface area contributed by atoms with Crippen molar-refractivity contribution in [1.29, 1.82) is 0 Å². The summed E-state index contributed by atoms with van der Waals surface area (Å²) in [5.74, 6) is 1.23. The number of benzene rings is 2. The van der Waals surface area contributed by atoms with Crippen molar-refractivity contribution in [3.05, 3.63) is 81.2 Å². The Morgan fingerprint density at radius 2 is 2.07 bits per heavy atom. The number of halogens is 2. The van der Waals surface area contributed by atoms with Crippen molar-refractivity contribution in [2.24, 2.45) is 0 Å². The molecule has 6 nitrogen and oxygen atoms in total. The second-order valence-electron chi connectivity index (χ2n) is 6.75. The SMILES string of the molecule is CC(=O)C1=C(C)Nc2ncnn2C1c1cccc(OCc2ccc(Cl)cc2Cl)c1. The fourth-order valence-corrected chi connectivity index (χ4v) is 3.89. The van der Waals surface area contributed by atoms with E-state index >= 15 is 0 Å². The highest BCUT2D eigenvalue weighted by Gasteiger charge is 2.31. The van der Waals surface area contributed by atoms with Crippen molar-refractivity contribution >= 4 is 34.9 Å². The van der Waals surface area contributed by atoms with Gasteiger partial charge in [-0.25, -0.2) is 4.68 Å². The molecular weight excluding hydrogens is 411 g/mol. The van der Waals surface area contributed by atoms with Gasteiger partial charge in [0.05, 0.1) is 0 Å². The summed E-state index contributed by atoms with van der Waals surface area (Å²) in [6, 6.07) is 12.5. The van der Waals surface area contributed by atoms with Crippen LogP contribution in [0.15, 0.2) is 60.1 Å². The number of hydrogen-bond acceptors (Lipinski definition) is 5. The summed E-state index contributed by atoms with van der Waals surface area (Å²) in [6.07, 6.45) is 1.47. The third-order valence-corrected chi connectivity index (χ3v) is 5.34. The summed E-state index contributed by atoms with van der Waals surface area (Å²) in [5, 5.41) is 8.58. The van der Waals surface area contributed by atoms with Gasteiger partial charge >= 0.3 is 0 Å². The first kappa shape index (κ1) is 19.5. The van der Waals surface area contributed by atoms with Gasteiger partial charge in [-0.2, -0.15) is 10.1 Å². The first-order valence-corrected chi connectivity index (χ1v) is 9.74. The quantitative estimate of drug-likeness (QED) is 0.615. The number of carbonyl (C=O) groups excluding carboxylic acids is 1. The van der Waals surface area contributed by atoms with E-state index in [9.17, 15) is 4.79 Å². The van der Waals surface area contributed by atoms with Crippen LogP contribution in [0.1, 0.15) is 31.0 Å². The van der Waals surface area contributed by atoms with Crippen molar-refractivity contribution in [3.8, 4) is 5.75 Å². The molecule has 0 saturated carbocycles. The van der Waals surface area contributed by atoms with Crippen LogP contribution in [0, 0.1) is 0 Å². The smallest absolute Gasteiger partial charge is 0.226 e. The molecule has 148 valence electrons. The largest absolute Gasteiger partial charge is 0.489 e. The minimum atomic E-state index is -0.381. The van der Waals surface area contributed by atoms with E-state index in [0.717, 1.165) is 16.8 Å². The third-order valence-electron chi connectivity index (χ3n) is 4.76. The molecular formula is C21H18Cl2N4O2. The molecule has 1 N–H and O–H groups in total. The molecule has 0 fully saturated rings. The second kappa shape index (κ2) is 7.89. The number of nitrogens with one attached hydrogen (secondary N) is 1. The topological polar surface area (TPSA) is 69.0 Å². The Kier molecular flexibility index (Phi) is 5.30. The van der Waals surface area contributed by atoms with E-state index in [1.807, 2.05) is 37.3 Å². The molecule has 2 heterocycles. The summed E-state index contributed by atoms with van der Waals surface area (Å²) < 4.78 is 7.65. The van der Waals surface area contributed by atoms with Crippen LogP contribution in [0.2, 0.25) is 10.0 Å². The van der Waals surface area contributed by atoms with Gasteiger partial charge in [0.1, 0.15) is 24.7 Å². The lowest BCUT2D eigenvalue weighted by atomic mass is 9.93. The summed E-state index contributed by atoms with van der Waals surface area (Å²) >= 11 is 12.2. The Morgan fingerprint density at radius 3 is 2.83 bits per heavy atom. The number of hydrogen-bond donors (Lipinski definition) is 1. The third kappa shape index (κ3) is 3.86. The van der Waals surface area contributed by atoms with Gasteiger partial charge in [-0.1, -0.05) is 41.4 Å². The lowest BCUT2D eigenvalue weighted by Crippen LogP contribution is -2.27. The van der Waals surface area contributed by atoms with Gasteiger partial charge in [0.15, 0.2) is 5.78 Å². The van der Waals surface area contributed by atoms with Gasteiger partial charge in [-0.3, -0.25) is 4.79 Å². The van der Waals surface area contributed by atoms with Crippen molar-refractivity contribution in [1.82, 2.24) is 14.8 Å². The summed E-state index contributed by atoms with van der Waals surface area (Å²) in [6.45, 7) is 3.72. The molecule has 29 heavy (non-hydrogen) atoms. The first-order valence-electron chi connectivity index (χ1n) is 8.99. The van der Waals surface area contributed by atoms with Crippen LogP contribution in [0.25, 0.3) is 0 Å². The number of carbonyl (C=O) groups is 1. The fraction of sp³-hybridized carbons (Fsp3) is 0.190. The van der Waals surface area contributed by atoms with E-state index in [0.29, 0.717) is 33.9 Å². The highest BCUT2D eigenvalue weighted by Crippen LogP contribution is 2.36. The zero-order chi connectivity index (χ0) is 20.5. The van der Waals surface area contributed by atoms with Crippen molar-refractivity contribution in [2.45, 2.75) is 26.5 Å². The summed E-state index contributed by atoms with van der Waals surface area (Å²) in [5.41, 5.74) is 3.12. The molecule has 1 aliphatic rings. The maximum absolute atomic E-state index is 12.4. The molecule has 2 aromatic carbocycles. The van der Waals surface area contributed by atoms with E-state index < -0.39 is 0 Å². The number of ketones is 1. The maximum Gasteiger partial charge on any atom is 0.226 e. The Labute approximate surface area is 178 Å². The van der Waals surface area contributed by atoms with Crippen LogP contribution >= 0.6 is 23.2 Å². The molecule has 0 bridgehead atoms. The molecule has 0 radical (unpaired) electrons.